The van der Waals surface area contributed by atoms with E-state index in [1.165, 1.54) is 21.3 Å². The van der Waals surface area contributed by atoms with Crippen molar-refractivity contribution in [1.82, 2.24) is 0 Å². The van der Waals surface area contributed by atoms with Gasteiger partial charge in [0, 0.05) is 0 Å². The average Bonchev–Trinajstić information content (AvgIpc) is 2.69. The van der Waals surface area contributed by atoms with Crippen molar-refractivity contribution < 1.29 is 28.9 Å². The van der Waals surface area contributed by atoms with E-state index in [0.29, 0.717) is 11.1 Å². The molecular weight excluding hydrogens is 252 g/mol. The van der Waals surface area contributed by atoms with Crippen LogP contribution in [-0.2, 0) is 23.8 Å². The summed E-state index contributed by atoms with van der Waals surface area (Å²) in [5.41, 5.74) is 1.26. The summed E-state index contributed by atoms with van der Waals surface area (Å²) in [6, 6.07) is 0. The van der Waals surface area contributed by atoms with Crippen LogP contribution in [0.15, 0.2) is 33.8 Å². The number of rotatable bonds is 3. The Morgan fingerprint density at radius 3 is 1.47 bits per heavy atom. The average molecular weight is 268 g/mol. The number of hydrogen-bond acceptors (Lipinski definition) is 6. The van der Waals surface area contributed by atoms with Gasteiger partial charge in [-0.2, -0.15) is 0 Å². The zero-order valence-corrected chi connectivity index (χ0v) is 11.5. The Hall–Kier alpha value is -2.24. The Bertz CT molecular complexity index is 481. The maximum atomic E-state index is 11.8. The molecule has 0 atom stereocenters. The van der Waals surface area contributed by atoms with Gasteiger partial charge in [0.25, 0.3) is 5.95 Å². The van der Waals surface area contributed by atoms with Gasteiger partial charge in [0.2, 0.25) is 0 Å². The smallest absolute Gasteiger partial charge is 0.339 e. The molecule has 0 saturated carbocycles. The van der Waals surface area contributed by atoms with Crippen LogP contribution in [0.3, 0.4) is 0 Å². The van der Waals surface area contributed by atoms with Crippen molar-refractivity contribution in [3.63, 3.8) is 0 Å². The van der Waals surface area contributed by atoms with E-state index in [1.807, 2.05) is 0 Å². The second-order valence-electron chi connectivity index (χ2n) is 3.87. The van der Waals surface area contributed by atoms with Crippen LogP contribution in [0.25, 0.3) is 0 Å². The van der Waals surface area contributed by atoms with Crippen LogP contribution in [0.1, 0.15) is 13.8 Å². The number of esters is 2. The van der Waals surface area contributed by atoms with Crippen molar-refractivity contribution in [3.8, 4) is 0 Å². The molecule has 0 spiro atoms. The van der Waals surface area contributed by atoms with Gasteiger partial charge in [0.15, 0.2) is 0 Å². The van der Waals surface area contributed by atoms with Crippen LogP contribution < -0.4 is 0 Å². The second-order valence-corrected chi connectivity index (χ2v) is 3.87. The summed E-state index contributed by atoms with van der Waals surface area (Å²) < 4.78 is 14.1. The summed E-state index contributed by atoms with van der Waals surface area (Å²) in [6.07, 6.45) is 0. The fourth-order valence-corrected chi connectivity index (χ4v) is 1.91. The lowest BCUT2D eigenvalue weighted by molar-refractivity contribution is -0.135. The molecule has 0 unspecified atom stereocenters. The van der Waals surface area contributed by atoms with Crippen LogP contribution in [0, 0.1) is 0 Å². The van der Waals surface area contributed by atoms with Gasteiger partial charge in [0.1, 0.15) is 0 Å². The summed E-state index contributed by atoms with van der Waals surface area (Å²) in [4.78, 5) is 23.6. The fourth-order valence-electron chi connectivity index (χ4n) is 1.91. The van der Waals surface area contributed by atoms with Crippen LogP contribution in [0.5, 0.6) is 0 Å². The first kappa shape index (κ1) is 14.8. The third-order valence-electron chi connectivity index (χ3n) is 3.00. The molecule has 0 aromatic rings. The highest BCUT2D eigenvalue weighted by Gasteiger charge is 2.37. The third-order valence-corrected chi connectivity index (χ3v) is 3.00. The minimum atomic E-state index is -0.658. The first-order valence-electron chi connectivity index (χ1n) is 5.47. The highest BCUT2D eigenvalue weighted by Crippen LogP contribution is 2.39. The molecule has 6 nitrogen and oxygen atoms in total. The maximum absolute atomic E-state index is 11.8. The van der Waals surface area contributed by atoms with Gasteiger partial charge in [-0.05, 0) is 25.0 Å². The molecule has 1 aliphatic carbocycles. The Morgan fingerprint density at radius 1 is 0.842 bits per heavy atom. The third kappa shape index (κ3) is 2.33. The number of aliphatic hydroxyl groups is 1. The highest BCUT2D eigenvalue weighted by atomic mass is 16.6. The quantitative estimate of drug-likeness (QED) is 0.615. The molecule has 6 heteroatoms. The van der Waals surface area contributed by atoms with Crippen LogP contribution in [0.2, 0.25) is 0 Å². The predicted molar refractivity (Wildman–Crippen MR) is 66.1 cm³/mol. The van der Waals surface area contributed by atoms with Gasteiger partial charge in [-0.15, -0.1) is 0 Å². The lowest BCUT2D eigenvalue weighted by atomic mass is 10.0. The number of allylic oxidation sites excluding steroid dienone is 2. The fraction of sp³-hybridized carbons (Fsp3) is 0.385. The summed E-state index contributed by atoms with van der Waals surface area (Å²) in [5.74, 6) is -1.85. The number of carbonyl (C=O) groups is 2. The normalized spacial score (nSPS) is 14.7. The summed E-state index contributed by atoms with van der Waals surface area (Å²) in [6.45, 7) is 3.31. The molecule has 19 heavy (non-hydrogen) atoms. The standard InChI is InChI=1S/C13H16O6/c1-6-7(2)9(12(15)18-4)10(13(16)19-5)8(6)11(14)17-3/h16H,1-5H3. The van der Waals surface area contributed by atoms with Crippen LogP contribution >= 0.6 is 0 Å². The zero-order valence-electron chi connectivity index (χ0n) is 11.5. The number of aliphatic hydroxyl groups excluding tert-OH is 1. The van der Waals surface area contributed by atoms with Crippen LogP contribution in [-0.4, -0.2) is 38.4 Å². The molecule has 0 fully saturated rings. The van der Waals surface area contributed by atoms with Crippen LogP contribution in [0.4, 0.5) is 0 Å². The van der Waals surface area contributed by atoms with E-state index in [1.54, 1.807) is 13.8 Å². The molecule has 104 valence electrons. The lowest BCUT2D eigenvalue weighted by Gasteiger charge is -2.10. The van der Waals surface area contributed by atoms with Crippen molar-refractivity contribution in [2.75, 3.05) is 21.3 Å². The van der Waals surface area contributed by atoms with E-state index in [-0.39, 0.29) is 16.7 Å². The van der Waals surface area contributed by atoms with E-state index in [4.69, 9.17) is 4.74 Å². The number of carbonyl (C=O) groups excluding carboxylic acids is 2. The van der Waals surface area contributed by atoms with Gasteiger partial charge in [0.05, 0.1) is 38.0 Å². The minimum absolute atomic E-state index is 0.00352. The van der Waals surface area contributed by atoms with Gasteiger partial charge in [-0.3, -0.25) is 0 Å². The Morgan fingerprint density at radius 2 is 1.21 bits per heavy atom. The molecule has 1 aliphatic rings. The first-order chi connectivity index (χ1) is 8.90. The molecule has 0 aromatic carbocycles. The monoisotopic (exact) mass is 268 g/mol. The van der Waals surface area contributed by atoms with Crippen molar-refractivity contribution in [1.29, 1.82) is 0 Å². The Labute approximate surface area is 111 Å². The predicted octanol–water partition coefficient (Wildman–Crippen LogP) is 1.39. The second kappa shape index (κ2) is 5.60. The molecular formula is C13H16O6. The summed E-state index contributed by atoms with van der Waals surface area (Å²) in [7, 11) is 3.67. The molecule has 1 rings (SSSR count). The van der Waals surface area contributed by atoms with Crippen molar-refractivity contribution in [3.05, 3.63) is 33.8 Å². The first-order valence-corrected chi connectivity index (χ1v) is 5.47. The van der Waals surface area contributed by atoms with Crippen molar-refractivity contribution in [2.45, 2.75) is 13.8 Å². The minimum Gasteiger partial charge on any atom is -0.481 e. The largest absolute Gasteiger partial charge is 0.481 e. The molecule has 1 N–H and O–H groups in total. The number of methoxy groups -OCH3 is 3. The van der Waals surface area contributed by atoms with Gasteiger partial charge in [-0.25, -0.2) is 9.59 Å². The Kier molecular flexibility index (Phi) is 4.37. The highest BCUT2D eigenvalue weighted by molar-refractivity contribution is 6.08. The van der Waals surface area contributed by atoms with Crippen molar-refractivity contribution in [2.24, 2.45) is 0 Å². The maximum Gasteiger partial charge on any atom is 0.339 e. The molecule has 0 saturated heterocycles. The SMILES string of the molecule is COC(=O)C1=C(C)C(C)=C(C(=O)OC)C1=C(O)OC. The van der Waals surface area contributed by atoms with E-state index in [0.717, 1.165) is 0 Å². The molecule has 0 amide bonds. The van der Waals surface area contributed by atoms with Gasteiger partial charge >= 0.3 is 11.9 Å². The molecule has 0 heterocycles. The van der Waals surface area contributed by atoms with E-state index in [2.05, 4.69) is 9.47 Å². The van der Waals surface area contributed by atoms with Crippen molar-refractivity contribution >= 4 is 11.9 Å². The zero-order chi connectivity index (χ0) is 14.7. The van der Waals surface area contributed by atoms with Gasteiger partial charge < -0.3 is 19.3 Å². The van der Waals surface area contributed by atoms with E-state index in [9.17, 15) is 14.7 Å². The summed E-state index contributed by atoms with van der Waals surface area (Å²) >= 11 is 0. The van der Waals surface area contributed by atoms with E-state index < -0.39 is 17.9 Å². The Balaban J connectivity index is 3.56. The molecule has 0 aliphatic heterocycles. The molecule has 0 radical (unpaired) electrons. The van der Waals surface area contributed by atoms with Gasteiger partial charge in [-0.1, -0.05) is 0 Å². The van der Waals surface area contributed by atoms with E-state index >= 15 is 0 Å². The lowest BCUT2D eigenvalue weighted by Crippen LogP contribution is -2.14. The molecule has 0 bridgehead atoms. The number of ether oxygens (including phenoxy) is 3. The number of hydrogen-bond donors (Lipinski definition) is 1. The molecule has 0 aromatic heterocycles. The topological polar surface area (TPSA) is 82.1 Å². The summed E-state index contributed by atoms with van der Waals surface area (Å²) in [5, 5.41) is 9.80.